The summed E-state index contributed by atoms with van der Waals surface area (Å²) in [6, 6.07) is 12.4. The Hall–Kier alpha value is -2.80. The molecule has 0 saturated carbocycles. The topological polar surface area (TPSA) is 63.2 Å². The highest BCUT2D eigenvalue weighted by molar-refractivity contribution is 5.90. The van der Waals surface area contributed by atoms with Crippen LogP contribution in [0.4, 0.5) is 0 Å². The Morgan fingerprint density at radius 1 is 1.15 bits per heavy atom. The smallest absolute Gasteiger partial charge is 0.200 e. The van der Waals surface area contributed by atoms with Gasteiger partial charge in [-0.25, -0.2) is 0 Å². The quantitative estimate of drug-likeness (QED) is 0.668. The zero-order valence-electron chi connectivity index (χ0n) is 10.8. The third-order valence-electron chi connectivity index (χ3n) is 3.23. The van der Waals surface area contributed by atoms with Gasteiger partial charge < -0.3 is 9.15 Å². The molecule has 0 aliphatic rings. The van der Waals surface area contributed by atoms with Crippen molar-refractivity contribution in [3.8, 4) is 11.8 Å². The predicted octanol–water partition coefficient (Wildman–Crippen LogP) is 3.02. The molecule has 0 unspecified atom stereocenters. The molecular weight excluding hydrogens is 254 g/mol. The van der Waals surface area contributed by atoms with E-state index in [2.05, 4.69) is 6.07 Å². The van der Waals surface area contributed by atoms with Crippen molar-refractivity contribution in [2.45, 2.75) is 6.42 Å². The fourth-order valence-electron chi connectivity index (χ4n) is 2.21. The molecule has 0 radical (unpaired) electrons. The molecule has 3 rings (SSSR count). The Labute approximate surface area is 114 Å². The first kappa shape index (κ1) is 12.2. The summed E-state index contributed by atoms with van der Waals surface area (Å²) < 4.78 is 10.9. The Balaban J connectivity index is 2.35. The van der Waals surface area contributed by atoms with Gasteiger partial charge in [-0.3, -0.25) is 4.79 Å². The van der Waals surface area contributed by atoms with Crippen LogP contribution in [-0.4, -0.2) is 7.11 Å². The molecule has 0 amide bonds. The lowest BCUT2D eigenvalue weighted by atomic mass is 10.1. The van der Waals surface area contributed by atoms with Crippen molar-refractivity contribution in [1.82, 2.24) is 0 Å². The normalized spacial score (nSPS) is 10.6. The number of nitriles is 1. The summed E-state index contributed by atoms with van der Waals surface area (Å²) >= 11 is 0. The molecule has 0 spiro atoms. The van der Waals surface area contributed by atoms with E-state index in [1.807, 2.05) is 0 Å². The van der Waals surface area contributed by atoms with Crippen molar-refractivity contribution in [1.29, 1.82) is 5.26 Å². The minimum Gasteiger partial charge on any atom is -0.497 e. The number of nitrogens with zero attached hydrogens (tertiary/aromatic N) is 1. The van der Waals surface area contributed by atoms with E-state index >= 15 is 0 Å². The van der Waals surface area contributed by atoms with Crippen LogP contribution in [0.5, 0.6) is 5.75 Å². The summed E-state index contributed by atoms with van der Waals surface area (Å²) in [6.45, 7) is 0. The Morgan fingerprint density at radius 3 is 2.75 bits per heavy atom. The average molecular weight is 265 g/mol. The lowest BCUT2D eigenvalue weighted by Gasteiger charge is -2.04. The van der Waals surface area contributed by atoms with Gasteiger partial charge in [-0.15, -0.1) is 0 Å². The summed E-state index contributed by atoms with van der Waals surface area (Å²) in [7, 11) is 1.56. The van der Waals surface area contributed by atoms with Gasteiger partial charge in [0.25, 0.3) is 0 Å². The molecule has 1 aromatic heterocycles. The molecule has 20 heavy (non-hydrogen) atoms. The minimum absolute atomic E-state index is 0.0938. The maximum Gasteiger partial charge on any atom is 0.200 e. The lowest BCUT2D eigenvalue weighted by Crippen LogP contribution is -2.02. The van der Waals surface area contributed by atoms with Gasteiger partial charge in [-0.1, -0.05) is 6.07 Å². The number of methoxy groups -OCH3 is 1. The van der Waals surface area contributed by atoms with Crippen LogP contribution in [0.15, 0.2) is 45.6 Å². The Kier molecular flexibility index (Phi) is 2.88. The van der Waals surface area contributed by atoms with Gasteiger partial charge in [0.05, 0.1) is 30.4 Å². The first-order valence-corrected chi connectivity index (χ1v) is 6.13. The molecule has 0 N–H and O–H groups in total. The van der Waals surface area contributed by atoms with Crippen LogP contribution in [-0.2, 0) is 6.42 Å². The molecule has 0 atom stereocenters. The van der Waals surface area contributed by atoms with Gasteiger partial charge in [0, 0.05) is 6.07 Å². The first-order chi connectivity index (χ1) is 9.72. The molecule has 98 valence electrons. The molecule has 0 fully saturated rings. The largest absolute Gasteiger partial charge is 0.497 e. The SMILES string of the molecule is COc1ccc2c(=O)c3cc(CC#N)ccc3oc2c1. The van der Waals surface area contributed by atoms with E-state index in [0.717, 1.165) is 5.56 Å². The fourth-order valence-corrected chi connectivity index (χ4v) is 2.21. The molecule has 0 bridgehead atoms. The van der Waals surface area contributed by atoms with Crippen molar-refractivity contribution < 1.29 is 9.15 Å². The minimum atomic E-state index is -0.0938. The molecule has 3 aromatic rings. The maximum atomic E-state index is 12.5. The highest BCUT2D eigenvalue weighted by Crippen LogP contribution is 2.23. The van der Waals surface area contributed by atoms with E-state index in [-0.39, 0.29) is 11.8 Å². The number of fused-ring (bicyclic) bond motifs is 2. The van der Waals surface area contributed by atoms with Gasteiger partial charge in [-0.2, -0.15) is 5.26 Å². The Morgan fingerprint density at radius 2 is 2.00 bits per heavy atom. The van der Waals surface area contributed by atoms with E-state index in [9.17, 15) is 4.79 Å². The number of benzene rings is 2. The van der Waals surface area contributed by atoms with Crippen LogP contribution in [0.2, 0.25) is 0 Å². The maximum absolute atomic E-state index is 12.5. The zero-order chi connectivity index (χ0) is 14.1. The predicted molar refractivity (Wildman–Crippen MR) is 75.9 cm³/mol. The monoisotopic (exact) mass is 265 g/mol. The summed E-state index contributed by atoms with van der Waals surface area (Å²) in [5, 5.41) is 9.73. The molecule has 4 heteroatoms. The molecule has 1 heterocycles. The summed E-state index contributed by atoms with van der Waals surface area (Å²) in [6.07, 6.45) is 0.274. The van der Waals surface area contributed by atoms with Crippen LogP contribution >= 0.6 is 0 Å². The second-order valence-corrected chi connectivity index (χ2v) is 4.46. The molecule has 0 saturated heterocycles. The third kappa shape index (κ3) is 1.90. The van der Waals surface area contributed by atoms with Crippen LogP contribution in [0.1, 0.15) is 5.56 Å². The third-order valence-corrected chi connectivity index (χ3v) is 3.23. The van der Waals surface area contributed by atoms with E-state index < -0.39 is 0 Å². The van der Waals surface area contributed by atoms with Gasteiger partial charge in [0.2, 0.25) is 5.43 Å². The van der Waals surface area contributed by atoms with E-state index in [0.29, 0.717) is 27.7 Å². The zero-order valence-corrected chi connectivity index (χ0v) is 10.8. The van der Waals surface area contributed by atoms with Crippen molar-refractivity contribution in [3.05, 3.63) is 52.2 Å². The molecule has 4 nitrogen and oxygen atoms in total. The Bertz CT molecular complexity index is 903. The van der Waals surface area contributed by atoms with Gasteiger partial charge in [0.1, 0.15) is 16.9 Å². The van der Waals surface area contributed by atoms with Crippen LogP contribution < -0.4 is 10.2 Å². The average Bonchev–Trinajstić information content (AvgIpc) is 2.48. The van der Waals surface area contributed by atoms with E-state index in [4.69, 9.17) is 14.4 Å². The van der Waals surface area contributed by atoms with Crippen molar-refractivity contribution >= 4 is 21.9 Å². The van der Waals surface area contributed by atoms with E-state index in [1.54, 1.807) is 43.5 Å². The van der Waals surface area contributed by atoms with Crippen molar-refractivity contribution in [2.75, 3.05) is 7.11 Å². The van der Waals surface area contributed by atoms with Crippen LogP contribution in [0.3, 0.4) is 0 Å². The van der Waals surface area contributed by atoms with E-state index in [1.165, 1.54) is 0 Å². The molecule has 2 aromatic carbocycles. The first-order valence-electron chi connectivity index (χ1n) is 6.13. The van der Waals surface area contributed by atoms with Crippen molar-refractivity contribution in [2.24, 2.45) is 0 Å². The highest BCUT2D eigenvalue weighted by atomic mass is 16.5. The van der Waals surface area contributed by atoms with Gasteiger partial charge >= 0.3 is 0 Å². The molecular formula is C16H11NO3. The lowest BCUT2D eigenvalue weighted by molar-refractivity contribution is 0.414. The van der Waals surface area contributed by atoms with Crippen LogP contribution in [0, 0.1) is 11.3 Å². The number of hydrogen-bond donors (Lipinski definition) is 0. The standard InChI is InChI=1S/C16H11NO3/c1-19-11-3-4-12-15(9-11)20-14-5-2-10(6-7-17)8-13(14)16(12)18/h2-5,8-9H,6H2,1H3. The number of rotatable bonds is 2. The second-order valence-electron chi connectivity index (χ2n) is 4.46. The van der Waals surface area contributed by atoms with Crippen molar-refractivity contribution in [3.63, 3.8) is 0 Å². The highest BCUT2D eigenvalue weighted by Gasteiger charge is 2.09. The number of ether oxygens (including phenoxy) is 1. The second kappa shape index (κ2) is 4.71. The molecule has 0 aliphatic heterocycles. The number of hydrogen-bond acceptors (Lipinski definition) is 4. The summed E-state index contributed by atoms with van der Waals surface area (Å²) in [5.41, 5.74) is 1.72. The van der Waals surface area contributed by atoms with Gasteiger partial charge in [0.15, 0.2) is 0 Å². The van der Waals surface area contributed by atoms with Crippen LogP contribution in [0.25, 0.3) is 21.9 Å². The summed E-state index contributed by atoms with van der Waals surface area (Å²) in [5.74, 6) is 0.640. The molecule has 0 aliphatic carbocycles. The summed E-state index contributed by atoms with van der Waals surface area (Å²) in [4.78, 5) is 12.5. The van der Waals surface area contributed by atoms with Gasteiger partial charge in [-0.05, 0) is 29.8 Å². The fraction of sp³-hybridized carbons (Fsp3) is 0.125.